The number of halogens is 1. The lowest BCUT2D eigenvalue weighted by Gasteiger charge is -2.31. The topological polar surface area (TPSA) is 46.5 Å². The van der Waals surface area contributed by atoms with Gasteiger partial charge in [0.05, 0.1) is 25.4 Å². The lowest BCUT2D eigenvalue weighted by atomic mass is 10.0. The fourth-order valence-electron chi connectivity index (χ4n) is 4.23. The number of hydrogen-bond acceptors (Lipinski definition) is 2. The summed E-state index contributed by atoms with van der Waals surface area (Å²) in [6.45, 7) is 0.399. The van der Waals surface area contributed by atoms with Crippen LogP contribution in [-0.4, -0.2) is 22.6 Å². The second-order valence-corrected chi connectivity index (χ2v) is 7.68. The van der Waals surface area contributed by atoms with E-state index in [1.54, 1.807) is 30.2 Å². The molecule has 1 atom stereocenters. The standard InChI is InChI=1S/C26H22FN3O2/c1-32-22-8-4-7-21(16-22)28-26(31)30-17-19-6-2-3-9-23(19)29-15-5-10-24(29)25(30)18-11-13-20(27)14-12-18/h2-16,25H,17H2,1H3,(H,28,31). The Labute approximate surface area is 185 Å². The molecule has 5 nitrogen and oxygen atoms in total. The van der Waals surface area contributed by atoms with Gasteiger partial charge in [0.15, 0.2) is 0 Å². The molecule has 0 saturated carbocycles. The van der Waals surface area contributed by atoms with Crippen molar-refractivity contribution in [1.82, 2.24) is 9.47 Å². The predicted octanol–water partition coefficient (Wildman–Crippen LogP) is 5.76. The summed E-state index contributed by atoms with van der Waals surface area (Å²) >= 11 is 0. The Morgan fingerprint density at radius 1 is 1.00 bits per heavy atom. The van der Waals surface area contributed by atoms with Gasteiger partial charge in [-0.1, -0.05) is 36.4 Å². The van der Waals surface area contributed by atoms with Crippen LogP contribution in [0.1, 0.15) is 22.9 Å². The molecule has 160 valence electrons. The van der Waals surface area contributed by atoms with Crippen molar-refractivity contribution in [2.75, 3.05) is 12.4 Å². The first kappa shape index (κ1) is 19.9. The van der Waals surface area contributed by atoms with Crippen molar-refractivity contribution in [2.24, 2.45) is 0 Å². The summed E-state index contributed by atoms with van der Waals surface area (Å²) in [5.74, 6) is 0.349. The number of aromatic nitrogens is 1. The van der Waals surface area contributed by atoms with Gasteiger partial charge in [-0.05, 0) is 53.6 Å². The van der Waals surface area contributed by atoms with Crippen LogP contribution in [0.25, 0.3) is 5.69 Å². The number of hydrogen-bond donors (Lipinski definition) is 1. The minimum absolute atomic E-state index is 0.253. The number of nitrogens with zero attached hydrogens (tertiary/aromatic N) is 2. The van der Waals surface area contributed by atoms with Crippen LogP contribution in [-0.2, 0) is 6.54 Å². The Kier molecular flexibility index (Phi) is 5.11. The maximum absolute atomic E-state index is 13.7. The summed E-state index contributed by atoms with van der Waals surface area (Å²) in [5, 5.41) is 3.00. The zero-order chi connectivity index (χ0) is 22.1. The molecule has 1 aliphatic heterocycles. The van der Waals surface area contributed by atoms with Gasteiger partial charge in [0.1, 0.15) is 11.6 Å². The smallest absolute Gasteiger partial charge is 0.322 e. The molecule has 3 aromatic carbocycles. The molecule has 4 aromatic rings. The Morgan fingerprint density at radius 2 is 1.81 bits per heavy atom. The van der Waals surface area contributed by atoms with E-state index in [9.17, 15) is 9.18 Å². The van der Waals surface area contributed by atoms with Crippen molar-refractivity contribution in [2.45, 2.75) is 12.6 Å². The summed E-state index contributed by atoms with van der Waals surface area (Å²) in [7, 11) is 1.59. The first-order chi connectivity index (χ1) is 15.6. The van der Waals surface area contributed by atoms with Gasteiger partial charge in [-0.15, -0.1) is 0 Å². The minimum Gasteiger partial charge on any atom is -0.497 e. The van der Waals surface area contributed by atoms with Crippen LogP contribution in [0.2, 0.25) is 0 Å². The second kappa shape index (κ2) is 8.23. The molecule has 0 spiro atoms. The SMILES string of the molecule is COc1cccc(NC(=O)N2Cc3ccccc3-n3cccc3C2c2ccc(F)cc2)c1. The highest BCUT2D eigenvalue weighted by atomic mass is 19.1. The first-order valence-corrected chi connectivity index (χ1v) is 10.4. The molecule has 0 aliphatic carbocycles. The molecule has 2 heterocycles. The van der Waals surface area contributed by atoms with Crippen LogP contribution in [0, 0.1) is 5.82 Å². The van der Waals surface area contributed by atoms with Crippen LogP contribution in [0.3, 0.4) is 0 Å². The quantitative estimate of drug-likeness (QED) is 0.452. The molecular weight excluding hydrogens is 405 g/mol. The molecule has 6 heteroatoms. The third-order valence-corrected chi connectivity index (χ3v) is 5.73. The lowest BCUT2D eigenvalue weighted by Crippen LogP contribution is -2.37. The maximum Gasteiger partial charge on any atom is 0.322 e. The molecule has 0 saturated heterocycles. The lowest BCUT2D eigenvalue weighted by molar-refractivity contribution is 0.194. The van der Waals surface area contributed by atoms with Gasteiger partial charge in [-0.3, -0.25) is 0 Å². The van der Waals surface area contributed by atoms with E-state index in [1.807, 2.05) is 60.8 Å². The molecule has 1 unspecified atom stereocenters. The summed E-state index contributed by atoms with van der Waals surface area (Å²) in [5.41, 5.74) is 4.45. The van der Waals surface area contributed by atoms with Crippen molar-refractivity contribution in [3.8, 4) is 11.4 Å². The molecule has 32 heavy (non-hydrogen) atoms. The number of para-hydroxylation sites is 1. The number of nitrogens with one attached hydrogen (secondary N) is 1. The number of carbonyl (C=O) groups excluding carboxylic acids is 1. The van der Waals surface area contributed by atoms with Crippen molar-refractivity contribution in [1.29, 1.82) is 0 Å². The largest absolute Gasteiger partial charge is 0.497 e. The van der Waals surface area contributed by atoms with E-state index in [0.717, 1.165) is 22.5 Å². The van der Waals surface area contributed by atoms with Crippen LogP contribution in [0.5, 0.6) is 5.75 Å². The van der Waals surface area contributed by atoms with Crippen molar-refractivity contribution in [3.05, 3.63) is 114 Å². The summed E-state index contributed by atoms with van der Waals surface area (Å²) in [6, 6.07) is 24.9. The zero-order valence-electron chi connectivity index (χ0n) is 17.5. The molecule has 1 N–H and O–H groups in total. The maximum atomic E-state index is 13.7. The van der Waals surface area contributed by atoms with Crippen LogP contribution in [0.4, 0.5) is 14.9 Å². The number of benzene rings is 3. The number of methoxy groups -OCH3 is 1. The number of urea groups is 1. The van der Waals surface area contributed by atoms with Gasteiger partial charge in [-0.25, -0.2) is 9.18 Å². The third kappa shape index (κ3) is 3.60. The van der Waals surface area contributed by atoms with Crippen molar-refractivity contribution >= 4 is 11.7 Å². The van der Waals surface area contributed by atoms with E-state index < -0.39 is 6.04 Å². The van der Waals surface area contributed by atoms with E-state index in [-0.39, 0.29) is 11.8 Å². The minimum atomic E-state index is -0.399. The summed E-state index contributed by atoms with van der Waals surface area (Å²) in [6.07, 6.45) is 1.99. The summed E-state index contributed by atoms with van der Waals surface area (Å²) < 4.78 is 21.1. The Bertz CT molecular complexity index is 1270. The number of amides is 2. The molecule has 1 aliphatic rings. The zero-order valence-corrected chi connectivity index (χ0v) is 17.5. The number of fused-ring (bicyclic) bond motifs is 3. The highest BCUT2D eigenvalue weighted by Crippen LogP contribution is 2.37. The highest BCUT2D eigenvalue weighted by Gasteiger charge is 2.33. The van der Waals surface area contributed by atoms with Gasteiger partial charge in [0.2, 0.25) is 0 Å². The normalized spacial score (nSPS) is 14.8. The molecule has 0 fully saturated rings. The number of ether oxygens (including phenoxy) is 1. The number of anilines is 1. The second-order valence-electron chi connectivity index (χ2n) is 7.68. The van der Waals surface area contributed by atoms with E-state index in [4.69, 9.17) is 4.74 Å². The molecular formula is C26H22FN3O2. The predicted molar refractivity (Wildman–Crippen MR) is 122 cm³/mol. The molecule has 0 radical (unpaired) electrons. The summed E-state index contributed by atoms with van der Waals surface area (Å²) in [4.78, 5) is 15.4. The van der Waals surface area contributed by atoms with E-state index in [0.29, 0.717) is 18.0 Å². The Balaban J connectivity index is 1.61. The third-order valence-electron chi connectivity index (χ3n) is 5.73. The van der Waals surface area contributed by atoms with Gasteiger partial charge in [0, 0.05) is 23.6 Å². The fraction of sp³-hybridized carbons (Fsp3) is 0.115. The molecule has 1 aromatic heterocycles. The fourth-order valence-corrected chi connectivity index (χ4v) is 4.23. The van der Waals surface area contributed by atoms with Crippen molar-refractivity contribution in [3.63, 3.8) is 0 Å². The average molecular weight is 427 g/mol. The Morgan fingerprint density at radius 3 is 2.62 bits per heavy atom. The molecule has 0 bridgehead atoms. The Hall–Kier alpha value is -4.06. The van der Waals surface area contributed by atoms with E-state index in [1.165, 1.54) is 12.1 Å². The highest BCUT2D eigenvalue weighted by molar-refractivity contribution is 5.90. The monoisotopic (exact) mass is 427 g/mol. The van der Waals surface area contributed by atoms with Crippen LogP contribution >= 0.6 is 0 Å². The van der Waals surface area contributed by atoms with Crippen LogP contribution in [0.15, 0.2) is 91.1 Å². The van der Waals surface area contributed by atoms with Gasteiger partial charge in [0.25, 0.3) is 0 Å². The van der Waals surface area contributed by atoms with Crippen molar-refractivity contribution < 1.29 is 13.9 Å². The number of rotatable bonds is 3. The van der Waals surface area contributed by atoms with E-state index in [2.05, 4.69) is 9.88 Å². The molecule has 5 rings (SSSR count). The van der Waals surface area contributed by atoms with Gasteiger partial charge in [-0.2, -0.15) is 0 Å². The molecule has 2 amide bonds. The first-order valence-electron chi connectivity index (χ1n) is 10.4. The van der Waals surface area contributed by atoms with Crippen LogP contribution < -0.4 is 10.1 Å². The van der Waals surface area contributed by atoms with Gasteiger partial charge >= 0.3 is 6.03 Å². The number of carbonyl (C=O) groups is 1. The van der Waals surface area contributed by atoms with E-state index >= 15 is 0 Å². The average Bonchev–Trinajstić information content (AvgIpc) is 3.24. The van der Waals surface area contributed by atoms with Gasteiger partial charge < -0.3 is 19.5 Å².